The summed E-state index contributed by atoms with van der Waals surface area (Å²) < 4.78 is 0. The van der Waals surface area contributed by atoms with Gasteiger partial charge in [-0.1, -0.05) is 0 Å². The van der Waals surface area contributed by atoms with Crippen LogP contribution in [0.2, 0.25) is 0 Å². The Bertz CT molecular complexity index is 324. The molecule has 1 aliphatic heterocycles. The van der Waals surface area contributed by atoms with Crippen LogP contribution in [-0.4, -0.2) is 66.3 Å². The molecular weight excluding hydrogens is 236 g/mol. The van der Waals surface area contributed by atoms with Crippen LogP contribution in [-0.2, 0) is 4.79 Å². The van der Waals surface area contributed by atoms with E-state index < -0.39 is 18.0 Å². The molecule has 0 aromatic heterocycles. The van der Waals surface area contributed by atoms with E-state index in [1.54, 1.807) is 0 Å². The monoisotopic (exact) mass is 256 g/mol. The van der Waals surface area contributed by atoms with Crippen molar-refractivity contribution in [1.82, 2.24) is 20.7 Å². The van der Waals surface area contributed by atoms with E-state index in [1.807, 2.05) is 12.1 Å². The predicted molar refractivity (Wildman–Crippen MR) is 64.9 cm³/mol. The van der Waals surface area contributed by atoms with E-state index in [9.17, 15) is 9.59 Å². The van der Waals surface area contributed by atoms with Crippen molar-refractivity contribution in [2.45, 2.75) is 18.9 Å². The van der Waals surface area contributed by atoms with Gasteiger partial charge in [-0.15, -0.1) is 0 Å². The lowest BCUT2D eigenvalue weighted by molar-refractivity contribution is -0.139. The molecule has 3 N–H and O–H groups in total. The number of aliphatic carboxylic acids is 1. The number of hydrogen-bond donors (Lipinski definition) is 3. The number of carbonyl (C=O) groups excluding carboxylic acids is 1. The zero-order valence-electron chi connectivity index (χ0n) is 10.6. The molecule has 0 radical (unpaired) electrons. The molecule has 2 rings (SSSR count). The maximum Gasteiger partial charge on any atom is 0.330 e. The minimum Gasteiger partial charge on any atom is -0.480 e. The summed E-state index contributed by atoms with van der Waals surface area (Å²) in [4.78, 5) is 24.9. The Morgan fingerprint density at radius 2 is 1.83 bits per heavy atom. The largest absolute Gasteiger partial charge is 0.480 e. The summed E-state index contributed by atoms with van der Waals surface area (Å²) in [6.45, 7) is 3.30. The Morgan fingerprint density at radius 3 is 2.33 bits per heavy atom. The molecule has 1 unspecified atom stereocenters. The first-order valence-electron chi connectivity index (χ1n) is 6.29. The molecule has 2 aliphatic rings. The molecule has 18 heavy (non-hydrogen) atoms. The van der Waals surface area contributed by atoms with Crippen molar-refractivity contribution >= 4 is 12.0 Å². The summed E-state index contributed by atoms with van der Waals surface area (Å²) in [5.41, 5.74) is 2.70. The van der Waals surface area contributed by atoms with Crippen LogP contribution in [0.1, 0.15) is 12.8 Å². The SMILES string of the molecule is CN1CCN(NC(=O)NC(C(=O)O)C2CC2)CC1. The van der Waals surface area contributed by atoms with Crippen LogP contribution in [0.4, 0.5) is 4.79 Å². The second kappa shape index (κ2) is 5.53. The molecule has 1 aliphatic carbocycles. The average Bonchev–Trinajstić information content (AvgIpc) is 3.13. The third kappa shape index (κ3) is 3.58. The summed E-state index contributed by atoms with van der Waals surface area (Å²) in [7, 11) is 2.03. The van der Waals surface area contributed by atoms with Gasteiger partial charge in [-0.25, -0.2) is 14.6 Å². The van der Waals surface area contributed by atoms with Crippen molar-refractivity contribution in [3.63, 3.8) is 0 Å². The zero-order chi connectivity index (χ0) is 13.1. The quantitative estimate of drug-likeness (QED) is 0.620. The standard InChI is InChI=1S/C11H20N4O3/c1-14-4-6-15(7-5-14)13-11(18)12-9(10(16)17)8-2-3-8/h8-9H,2-7H2,1H3,(H,16,17)(H2,12,13,18). The first-order chi connectivity index (χ1) is 8.56. The van der Waals surface area contributed by atoms with Crippen LogP contribution < -0.4 is 10.7 Å². The molecular formula is C11H20N4O3. The average molecular weight is 256 g/mol. The van der Waals surface area contributed by atoms with Crippen molar-refractivity contribution in [1.29, 1.82) is 0 Å². The Balaban J connectivity index is 1.75. The number of hydrogen-bond acceptors (Lipinski definition) is 4. The number of carbonyl (C=O) groups is 2. The number of rotatable bonds is 4. The lowest BCUT2D eigenvalue weighted by Crippen LogP contribution is -2.57. The molecule has 0 spiro atoms. The van der Waals surface area contributed by atoms with Crippen LogP contribution in [0.15, 0.2) is 0 Å². The number of hydrazine groups is 1. The Labute approximate surface area is 106 Å². The van der Waals surface area contributed by atoms with Crippen molar-refractivity contribution in [3.8, 4) is 0 Å². The maximum atomic E-state index is 11.7. The number of amides is 2. The summed E-state index contributed by atoms with van der Waals surface area (Å²) in [6, 6.07) is -1.17. The number of nitrogens with one attached hydrogen (secondary N) is 2. The number of carboxylic acids is 1. The van der Waals surface area contributed by atoms with E-state index in [2.05, 4.69) is 15.6 Å². The Morgan fingerprint density at radius 1 is 1.22 bits per heavy atom. The smallest absolute Gasteiger partial charge is 0.330 e. The van der Waals surface area contributed by atoms with Crippen LogP contribution in [0.3, 0.4) is 0 Å². The lowest BCUT2D eigenvalue weighted by Gasteiger charge is -2.32. The van der Waals surface area contributed by atoms with Crippen LogP contribution in [0.5, 0.6) is 0 Å². The molecule has 7 heteroatoms. The van der Waals surface area contributed by atoms with Gasteiger partial charge in [0.25, 0.3) is 0 Å². The minimum atomic E-state index is -0.953. The molecule has 1 heterocycles. The first-order valence-corrected chi connectivity index (χ1v) is 6.29. The van der Waals surface area contributed by atoms with Crippen molar-refractivity contribution < 1.29 is 14.7 Å². The summed E-state index contributed by atoms with van der Waals surface area (Å²) >= 11 is 0. The number of likely N-dealkylation sites (N-methyl/N-ethyl adjacent to an activating group) is 1. The summed E-state index contributed by atoms with van der Waals surface area (Å²) in [5, 5.41) is 13.4. The van der Waals surface area contributed by atoms with Crippen molar-refractivity contribution in [2.75, 3.05) is 33.2 Å². The van der Waals surface area contributed by atoms with Crippen molar-refractivity contribution in [3.05, 3.63) is 0 Å². The molecule has 0 aromatic carbocycles. The summed E-state index contributed by atoms with van der Waals surface area (Å²) in [5.74, 6) is -0.855. The highest BCUT2D eigenvalue weighted by molar-refractivity contribution is 5.82. The molecule has 1 saturated heterocycles. The van der Waals surface area contributed by atoms with Gasteiger partial charge in [0.05, 0.1) is 0 Å². The first kappa shape index (κ1) is 13.1. The highest BCUT2D eigenvalue weighted by Crippen LogP contribution is 2.32. The van der Waals surface area contributed by atoms with Gasteiger partial charge in [-0.2, -0.15) is 0 Å². The van der Waals surface area contributed by atoms with Crippen LogP contribution >= 0.6 is 0 Å². The van der Waals surface area contributed by atoms with E-state index in [4.69, 9.17) is 5.11 Å². The number of nitrogens with zero attached hydrogens (tertiary/aromatic N) is 2. The van der Waals surface area contributed by atoms with E-state index in [0.717, 1.165) is 39.0 Å². The van der Waals surface area contributed by atoms with E-state index >= 15 is 0 Å². The third-order valence-corrected chi connectivity index (χ3v) is 3.41. The van der Waals surface area contributed by atoms with E-state index in [0.29, 0.717) is 0 Å². The Hall–Kier alpha value is -1.34. The molecule has 102 valence electrons. The molecule has 2 fully saturated rings. The topological polar surface area (TPSA) is 84.9 Å². The second-order valence-corrected chi connectivity index (χ2v) is 5.03. The fraction of sp³-hybridized carbons (Fsp3) is 0.818. The van der Waals surface area contributed by atoms with Gasteiger partial charge in [-0.05, 0) is 25.8 Å². The van der Waals surface area contributed by atoms with Gasteiger partial charge in [0.15, 0.2) is 0 Å². The van der Waals surface area contributed by atoms with Crippen LogP contribution in [0, 0.1) is 5.92 Å². The van der Waals surface area contributed by atoms with Crippen LogP contribution in [0.25, 0.3) is 0 Å². The van der Waals surface area contributed by atoms with Gasteiger partial charge >= 0.3 is 12.0 Å². The number of piperazine rings is 1. The minimum absolute atomic E-state index is 0.0979. The number of urea groups is 1. The molecule has 2 amide bonds. The second-order valence-electron chi connectivity index (χ2n) is 5.03. The van der Waals surface area contributed by atoms with Gasteiger partial charge in [0.2, 0.25) is 0 Å². The zero-order valence-corrected chi connectivity index (χ0v) is 10.6. The van der Waals surface area contributed by atoms with Crippen molar-refractivity contribution in [2.24, 2.45) is 5.92 Å². The Kier molecular flexibility index (Phi) is 4.03. The van der Waals surface area contributed by atoms with Gasteiger partial charge in [0, 0.05) is 26.2 Å². The van der Waals surface area contributed by atoms with Gasteiger partial charge < -0.3 is 15.3 Å². The fourth-order valence-electron chi connectivity index (χ4n) is 2.05. The number of carboxylic acid groups (broad SMARTS) is 1. The van der Waals surface area contributed by atoms with Gasteiger partial charge in [0.1, 0.15) is 6.04 Å². The molecule has 1 atom stereocenters. The van der Waals surface area contributed by atoms with Gasteiger partial charge in [-0.3, -0.25) is 5.43 Å². The maximum absolute atomic E-state index is 11.7. The van der Waals surface area contributed by atoms with E-state index in [1.165, 1.54) is 0 Å². The molecule has 7 nitrogen and oxygen atoms in total. The van der Waals surface area contributed by atoms with E-state index in [-0.39, 0.29) is 5.92 Å². The predicted octanol–water partition coefficient (Wildman–Crippen LogP) is -0.689. The third-order valence-electron chi connectivity index (χ3n) is 3.41. The molecule has 0 bridgehead atoms. The summed E-state index contributed by atoms with van der Waals surface area (Å²) in [6.07, 6.45) is 1.76. The highest BCUT2D eigenvalue weighted by Gasteiger charge is 2.37. The fourth-order valence-corrected chi connectivity index (χ4v) is 2.05. The lowest BCUT2D eigenvalue weighted by atomic mass is 10.2. The molecule has 0 aromatic rings. The highest BCUT2D eigenvalue weighted by atomic mass is 16.4. The molecule has 1 saturated carbocycles. The normalized spacial score (nSPS) is 23.4.